The predicted octanol–water partition coefficient (Wildman–Crippen LogP) is 1.70. The van der Waals surface area contributed by atoms with Crippen LogP contribution in [0.25, 0.3) is 10.8 Å². The minimum Gasteiger partial charge on any atom is -0.284 e. The number of fused-ring (bicyclic) bond motifs is 1. The molecule has 0 bridgehead atoms. The van der Waals surface area contributed by atoms with Crippen LogP contribution in [0.15, 0.2) is 47.4 Å². The Labute approximate surface area is 118 Å². The van der Waals surface area contributed by atoms with Crippen LogP contribution in [0, 0.1) is 0 Å². The van der Waals surface area contributed by atoms with Crippen molar-refractivity contribution in [2.75, 3.05) is 13.2 Å². The molecule has 0 saturated heterocycles. The zero-order valence-corrected chi connectivity index (χ0v) is 11.9. The first-order valence-electron chi connectivity index (χ1n) is 5.61. The summed E-state index contributed by atoms with van der Waals surface area (Å²) in [5.74, 6) is 0. The highest BCUT2D eigenvalue weighted by Gasteiger charge is 2.08. The van der Waals surface area contributed by atoms with Crippen molar-refractivity contribution in [2.45, 2.75) is 4.90 Å². The number of benzene rings is 2. The van der Waals surface area contributed by atoms with Crippen LogP contribution in [-0.2, 0) is 29.8 Å². The zero-order valence-electron chi connectivity index (χ0n) is 10.3. The van der Waals surface area contributed by atoms with Gasteiger partial charge in [0.2, 0.25) is 0 Å². The van der Waals surface area contributed by atoms with Crippen LogP contribution >= 0.6 is 0 Å². The molecular formula is C12H12O6S2. The molecule has 2 aromatic carbocycles. The Bertz CT molecular complexity index is 726. The zero-order chi connectivity index (χ0) is 14.6. The Morgan fingerprint density at radius 3 is 2.45 bits per heavy atom. The normalized spacial score (nSPS) is 13.4. The van der Waals surface area contributed by atoms with E-state index in [0.29, 0.717) is 4.90 Å². The quantitative estimate of drug-likeness (QED) is 0.644. The monoisotopic (exact) mass is 316 g/mol. The molecule has 0 aromatic heterocycles. The molecule has 0 aliphatic rings. The second kappa shape index (κ2) is 6.42. The Kier molecular flexibility index (Phi) is 4.84. The molecular weight excluding hydrogens is 304 g/mol. The van der Waals surface area contributed by atoms with Gasteiger partial charge in [0.25, 0.3) is 0 Å². The topological polar surface area (TPSA) is 89.9 Å². The van der Waals surface area contributed by atoms with E-state index in [0.717, 1.165) is 10.8 Å². The number of hydrogen-bond acceptors (Lipinski definition) is 5. The Balaban J connectivity index is 1.97. The third kappa shape index (κ3) is 4.36. The maximum atomic E-state index is 11.8. The van der Waals surface area contributed by atoms with E-state index in [9.17, 15) is 12.6 Å². The first-order valence-corrected chi connectivity index (χ1v) is 8.05. The lowest BCUT2D eigenvalue weighted by Gasteiger charge is -2.04. The van der Waals surface area contributed by atoms with Crippen molar-refractivity contribution in [3.8, 4) is 0 Å². The third-order valence-corrected chi connectivity index (χ3v) is 3.90. The molecule has 1 unspecified atom stereocenters. The second-order valence-corrected chi connectivity index (χ2v) is 6.08. The molecule has 2 rings (SSSR count). The lowest BCUT2D eigenvalue weighted by molar-refractivity contribution is 0.212. The predicted molar refractivity (Wildman–Crippen MR) is 73.8 cm³/mol. The molecule has 108 valence electrons. The van der Waals surface area contributed by atoms with Gasteiger partial charge in [-0.2, -0.15) is 8.42 Å². The maximum Gasteiger partial charge on any atom is 0.397 e. The summed E-state index contributed by atoms with van der Waals surface area (Å²) in [7, 11) is -4.49. The van der Waals surface area contributed by atoms with Gasteiger partial charge in [0.05, 0.1) is 18.1 Å². The van der Waals surface area contributed by atoms with Gasteiger partial charge in [0, 0.05) is 0 Å². The van der Waals surface area contributed by atoms with Crippen LogP contribution in [0.3, 0.4) is 0 Å². The fourth-order valence-corrected chi connectivity index (χ4v) is 2.62. The van der Waals surface area contributed by atoms with Gasteiger partial charge in [-0.1, -0.05) is 30.3 Å². The minimum absolute atomic E-state index is 0.223. The van der Waals surface area contributed by atoms with E-state index in [1.807, 2.05) is 30.3 Å². The molecule has 0 heterocycles. The highest BCUT2D eigenvalue weighted by atomic mass is 32.3. The molecule has 8 heteroatoms. The van der Waals surface area contributed by atoms with Crippen molar-refractivity contribution in [1.29, 1.82) is 0 Å². The molecule has 0 spiro atoms. The molecule has 1 N–H and O–H groups in total. The van der Waals surface area contributed by atoms with Crippen molar-refractivity contribution in [2.24, 2.45) is 0 Å². The summed E-state index contributed by atoms with van der Waals surface area (Å²) >= 11 is -1.72. The lowest BCUT2D eigenvalue weighted by atomic mass is 10.1. The molecule has 6 nitrogen and oxygen atoms in total. The van der Waals surface area contributed by atoms with E-state index in [2.05, 4.69) is 4.18 Å². The van der Waals surface area contributed by atoms with Crippen LogP contribution in [0.4, 0.5) is 0 Å². The van der Waals surface area contributed by atoms with Crippen molar-refractivity contribution in [3.05, 3.63) is 42.5 Å². The molecule has 20 heavy (non-hydrogen) atoms. The Hall–Kier alpha value is -1.32. The van der Waals surface area contributed by atoms with Crippen molar-refractivity contribution in [1.82, 2.24) is 0 Å². The van der Waals surface area contributed by atoms with Gasteiger partial charge in [0.15, 0.2) is 11.1 Å². The molecule has 2 aromatic rings. The average Bonchev–Trinajstić information content (AvgIpc) is 2.42. The Morgan fingerprint density at radius 1 is 1.05 bits per heavy atom. The van der Waals surface area contributed by atoms with E-state index in [-0.39, 0.29) is 6.61 Å². The van der Waals surface area contributed by atoms with Crippen LogP contribution in [-0.4, -0.2) is 30.4 Å². The fourth-order valence-electron chi connectivity index (χ4n) is 1.59. The first-order chi connectivity index (χ1) is 9.46. The van der Waals surface area contributed by atoms with E-state index in [1.54, 1.807) is 12.1 Å². The van der Waals surface area contributed by atoms with Crippen LogP contribution in [0.5, 0.6) is 0 Å². The van der Waals surface area contributed by atoms with Crippen molar-refractivity contribution in [3.63, 3.8) is 0 Å². The fraction of sp³-hybridized carbons (Fsp3) is 0.167. The highest BCUT2D eigenvalue weighted by Crippen LogP contribution is 2.18. The summed E-state index contributed by atoms with van der Waals surface area (Å²) in [5, 5.41) is 1.94. The highest BCUT2D eigenvalue weighted by molar-refractivity contribution is 7.81. The summed E-state index contributed by atoms with van der Waals surface area (Å²) in [5.41, 5.74) is 0. The molecule has 0 radical (unpaired) electrons. The summed E-state index contributed by atoms with van der Waals surface area (Å²) in [6.07, 6.45) is 0. The van der Waals surface area contributed by atoms with E-state index in [4.69, 9.17) is 8.74 Å². The van der Waals surface area contributed by atoms with E-state index < -0.39 is 28.1 Å². The Morgan fingerprint density at radius 2 is 1.75 bits per heavy atom. The molecule has 0 saturated carbocycles. The SMILES string of the molecule is O=S(OCCOS(=O)(=O)O)c1ccc2ccccc2c1. The molecule has 0 fully saturated rings. The van der Waals surface area contributed by atoms with Gasteiger partial charge in [-0.25, -0.2) is 8.39 Å². The van der Waals surface area contributed by atoms with Crippen LogP contribution < -0.4 is 0 Å². The molecule has 1 atom stereocenters. The summed E-state index contributed by atoms with van der Waals surface area (Å²) in [4.78, 5) is 0.468. The second-order valence-electron chi connectivity index (χ2n) is 3.82. The van der Waals surface area contributed by atoms with Gasteiger partial charge < -0.3 is 0 Å². The maximum absolute atomic E-state index is 11.8. The van der Waals surface area contributed by atoms with Gasteiger partial charge >= 0.3 is 10.4 Å². The lowest BCUT2D eigenvalue weighted by Crippen LogP contribution is -2.11. The summed E-state index contributed by atoms with van der Waals surface area (Å²) < 4.78 is 49.8. The van der Waals surface area contributed by atoms with Crippen molar-refractivity contribution >= 4 is 32.3 Å². The van der Waals surface area contributed by atoms with Gasteiger partial charge in [0.1, 0.15) is 0 Å². The molecule has 0 aliphatic heterocycles. The third-order valence-electron chi connectivity index (χ3n) is 2.42. The van der Waals surface area contributed by atoms with E-state index >= 15 is 0 Å². The van der Waals surface area contributed by atoms with Crippen LogP contribution in [0.1, 0.15) is 0 Å². The average molecular weight is 316 g/mol. The van der Waals surface area contributed by atoms with Gasteiger partial charge in [-0.15, -0.1) is 0 Å². The van der Waals surface area contributed by atoms with Gasteiger partial charge in [-0.3, -0.25) is 8.74 Å². The molecule has 0 aliphatic carbocycles. The molecule has 0 amide bonds. The van der Waals surface area contributed by atoms with Gasteiger partial charge in [-0.05, 0) is 22.9 Å². The van der Waals surface area contributed by atoms with Crippen LogP contribution in [0.2, 0.25) is 0 Å². The standard InChI is InChI=1S/C12H12O6S2/c13-19(17-7-8-18-20(14,15)16)12-6-5-10-3-1-2-4-11(10)9-12/h1-6,9H,7-8H2,(H,14,15,16). The minimum atomic E-state index is -4.49. The largest absolute Gasteiger partial charge is 0.397 e. The summed E-state index contributed by atoms with van der Waals surface area (Å²) in [6, 6.07) is 12.8. The number of rotatable bonds is 6. The first kappa shape index (κ1) is 15.1. The number of hydrogen-bond donors (Lipinski definition) is 1. The van der Waals surface area contributed by atoms with E-state index in [1.165, 1.54) is 0 Å². The van der Waals surface area contributed by atoms with Crippen molar-refractivity contribution < 1.29 is 25.5 Å². The summed E-state index contributed by atoms with van der Waals surface area (Å²) in [6.45, 7) is -0.628. The smallest absolute Gasteiger partial charge is 0.284 e.